The highest BCUT2D eigenvalue weighted by molar-refractivity contribution is 6.30. The molecule has 3 rings (SSSR count). The molecule has 4 nitrogen and oxygen atoms in total. The monoisotopic (exact) mass is 358 g/mol. The zero-order valence-corrected chi connectivity index (χ0v) is 14.7. The first kappa shape index (κ1) is 18.4. The van der Waals surface area contributed by atoms with Gasteiger partial charge in [-0.1, -0.05) is 17.7 Å². The SMILES string of the molecule is Cl.O=C(COc1cccc(Cl)c1)N1CCC(NCC2CC2)CC1. The molecule has 1 aliphatic carbocycles. The van der Waals surface area contributed by atoms with Crippen LogP contribution in [0.2, 0.25) is 5.02 Å². The molecule has 6 heteroatoms. The average Bonchev–Trinajstić information content (AvgIpc) is 3.35. The predicted molar refractivity (Wildman–Crippen MR) is 94.5 cm³/mol. The third-order valence-electron chi connectivity index (χ3n) is 4.40. The molecule has 0 atom stereocenters. The van der Waals surface area contributed by atoms with Gasteiger partial charge < -0.3 is 15.0 Å². The lowest BCUT2D eigenvalue weighted by Crippen LogP contribution is -2.46. The summed E-state index contributed by atoms with van der Waals surface area (Å²) >= 11 is 5.90. The molecule has 0 unspecified atom stereocenters. The Morgan fingerprint density at radius 2 is 2.00 bits per heavy atom. The molecule has 1 heterocycles. The van der Waals surface area contributed by atoms with E-state index in [9.17, 15) is 4.79 Å². The highest BCUT2D eigenvalue weighted by Gasteiger charge is 2.26. The third-order valence-corrected chi connectivity index (χ3v) is 4.63. The lowest BCUT2D eigenvalue weighted by atomic mass is 10.0. The number of halogens is 2. The summed E-state index contributed by atoms with van der Waals surface area (Å²) in [4.78, 5) is 14.1. The lowest BCUT2D eigenvalue weighted by Gasteiger charge is -2.32. The fourth-order valence-electron chi connectivity index (χ4n) is 2.78. The zero-order valence-electron chi connectivity index (χ0n) is 13.2. The van der Waals surface area contributed by atoms with Gasteiger partial charge in [0, 0.05) is 24.2 Å². The highest BCUT2D eigenvalue weighted by Crippen LogP contribution is 2.28. The Bertz CT molecular complexity index is 515. The molecule has 1 aliphatic heterocycles. The maximum atomic E-state index is 12.2. The minimum atomic E-state index is 0. The molecular weight excluding hydrogens is 335 g/mol. The van der Waals surface area contributed by atoms with Gasteiger partial charge in [0.05, 0.1) is 0 Å². The van der Waals surface area contributed by atoms with Crippen molar-refractivity contribution >= 4 is 29.9 Å². The van der Waals surface area contributed by atoms with Gasteiger partial charge in [-0.25, -0.2) is 0 Å². The molecule has 0 spiro atoms. The van der Waals surface area contributed by atoms with Crippen LogP contribution in [0.1, 0.15) is 25.7 Å². The molecule has 1 aromatic rings. The van der Waals surface area contributed by atoms with E-state index in [1.807, 2.05) is 17.0 Å². The quantitative estimate of drug-likeness (QED) is 0.849. The number of benzene rings is 1. The van der Waals surface area contributed by atoms with E-state index in [0.717, 1.165) is 38.4 Å². The minimum Gasteiger partial charge on any atom is -0.484 e. The van der Waals surface area contributed by atoms with E-state index < -0.39 is 0 Å². The molecule has 1 amide bonds. The molecule has 2 aliphatic rings. The molecule has 0 radical (unpaired) electrons. The largest absolute Gasteiger partial charge is 0.484 e. The Hall–Kier alpha value is -0.970. The number of carbonyl (C=O) groups is 1. The molecule has 1 saturated heterocycles. The van der Waals surface area contributed by atoms with Crippen molar-refractivity contribution in [2.75, 3.05) is 26.2 Å². The Balaban J connectivity index is 0.00000192. The number of piperidine rings is 1. The van der Waals surface area contributed by atoms with Crippen molar-refractivity contribution in [3.63, 3.8) is 0 Å². The van der Waals surface area contributed by atoms with E-state index in [1.165, 1.54) is 12.8 Å². The summed E-state index contributed by atoms with van der Waals surface area (Å²) < 4.78 is 5.52. The normalized spacial score (nSPS) is 18.4. The topological polar surface area (TPSA) is 41.6 Å². The maximum Gasteiger partial charge on any atom is 0.260 e. The maximum absolute atomic E-state index is 12.2. The van der Waals surface area contributed by atoms with Crippen LogP contribution in [0.15, 0.2) is 24.3 Å². The third kappa shape index (κ3) is 5.87. The molecule has 0 bridgehead atoms. The van der Waals surface area contributed by atoms with Crippen molar-refractivity contribution < 1.29 is 9.53 Å². The fraction of sp³-hybridized carbons (Fsp3) is 0.588. The number of rotatable bonds is 6. The number of ether oxygens (including phenoxy) is 1. The second-order valence-electron chi connectivity index (χ2n) is 6.25. The van der Waals surface area contributed by atoms with Crippen LogP contribution < -0.4 is 10.1 Å². The molecule has 1 N–H and O–H groups in total. The summed E-state index contributed by atoms with van der Waals surface area (Å²) in [7, 11) is 0. The Morgan fingerprint density at radius 3 is 2.65 bits per heavy atom. The van der Waals surface area contributed by atoms with Crippen LogP contribution in [-0.4, -0.2) is 43.1 Å². The number of likely N-dealkylation sites (tertiary alicyclic amines) is 1. The van der Waals surface area contributed by atoms with Gasteiger partial charge in [0.2, 0.25) is 0 Å². The van der Waals surface area contributed by atoms with E-state index >= 15 is 0 Å². The number of nitrogens with one attached hydrogen (secondary N) is 1. The summed E-state index contributed by atoms with van der Waals surface area (Å²) in [5.41, 5.74) is 0. The average molecular weight is 359 g/mol. The van der Waals surface area contributed by atoms with E-state index in [1.54, 1.807) is 12.1 Å². The number of amides is 1. The molecule has 2 fully saturated rings. The highest BCUT2D eigenvalue weighted by atomic mass is 35.5. The first-order chi connectivity index (χ1) is 10.7. The molecular formula is C17H24Cl2N2O2. The summed E-state index contributed by atoms with van der Waals surface area (Å²) in [6, 6.07) is 7.71. The van der Waals surface area contributed by atoms with Crippen molar-refractivity contribution in [1.29, 1.82) is 0 Å². The van der Waals surface area contributed by atoms with Crippen molar-refractivity contribution in [2.45, 2.75) is 31.7 Å². The fourth-order valence-corrected chi connectivity index (χ4v) is 2.96. The van der Waals surface area contributed by atoms with Gasteiger partial charge in [-0.05, 0) is 56.3 Å². The van der Waals surface area contributed by atoms with Gasteiger partial charge in [0.1, 0.15) is 5.75 Å². The second kappa shape index (κ2) is 8.76. The van der Waals surface area contributed by atoms with Gasteiger partial charge in [-0.15, -0.1) is 12.4 Å². The first-order valence-corrected chi connectivity index (χ1v) is 8.48. The Labute approximate surface area is 148 Å². The summed E-state index contributed by atoms with van der Waals surface area (Å²) in [5.74, 6) is 1.60. The van der Waals surface area contributed by atoms with Gasteiger partial charge >= 0.3 is 0 Å². The Morgan fingerprint density at radius 1 is 1.26 bits per heavy atom. The van der Waals surface area contributed by atoms with E-state index in [2.05, 4.69) is 5.32 Å². The van der Waals surface area contributed by atoms with E-state index in [4.69, 9.17) is 16.3 Å². The van der Waals surface area contributed by atoms with Crippen LogP contribution in [0.25, 0.3) is 0 Å². The first-order valence-electron chi connectivity index (χ1n) is 8.10. The van der Waals surface area contributed by atoms with E-state index in [0.29, 0.717) is 16.8 Å². The summed E-state index contributed by atoms with van der Waals surface area (Å²) in [5, 5.41) is 4.24. The van der Waals surface area contributed by atoms with Gasteiger partial charge in [0.15, 0.2) is 6.61 Å². The van der Waals surface area contributed by atoms with Crippen LogP contribution in [-0.2, 0) is 4.79 Å². The molecule has 23 heavy (non-hydrogen) atoms. The predicted octanol–water partition coefficient (Wildman–Crippen LogP) is 3.13. The van der Waals surface area contributed by atoms with Gasteiger partial charge in [-0.3, -0.25) is 4.79 Å². The lowest BCUT2D eigenvalue weighted by molar-refractivity contribution is -0.134. The number of hydrogen-bond donors (Lipinski definition) is 1. The van der Waals surface area contributed by atoms with Crippen molar-refractivity contribution in [3.8, 4) is 5.75 Å². The minimum absolute atomic E-state index is 0. The van der Waals surface area contributed by atoms with Crippen LogP contribution in [0.4, 0.5) is 0 Å². The van der Waals surface area contributed by atoms with Crippen LogP contribution in [0, 0.1) is 5.92 Å². The van der Waals surface area contributed by atoms with Crippen LogP contribution in [0.3, 0.4) is 0 Å². The smallest absolute Gasteiger partial charge is 0.260 e. The number of hydrogen-bond acceptors (Lipinski definition) is 3. The molecule has 1 aromatic carbocycles. The van der Waals surface area contributed by atoms with Crippen molar-refractivity contribution in [2.24, 2.45) is 5.92 Å². The standard InChI is InChI=1S/C17H23ClN2O2.ClH/c18-14-2-1-3-16(10-14)22-12-17(21)20-8-6-15(7-9-20)19-11-13-4-5-13;/h1-3,10,13,15,19H,4-9,11-12H2;1H. The van der Waals surface area contributed by atoms with Crippen LogP contribution in [0.5, 0.6) is 5.75 Å². The number of carbonyl (C=O) groups excluding carboxylic acids is 1. The van der Waals surface area contributed by atoms with Crippen molar-refractivity contribution in [1.82, 2.24) is 10.2 Å². The Kier molecular flexibility index (Phi) is 7.00. The summed E-state index contributed by atoms with van der Waals surface area (Å²) in [6.07, 6.45) is 4.83. The molecule has 1 saturated carbocycles. The summed E-state index contributed by atoms with van der Waals surface area (Å²) in [6.45, 7) is 2.87. The second-order valence-corrected chi connectivity index (χ2v) is 6.69. The van der Waals surface area contributed by atoms with E-state index in [-0.39, 0.29) is 24.9 Å². The van der Waals surface area contributed by atoms with Gasteiger partial charge in [-0.2, -0.15) is 0 Å². The molecule has 0 aromatic heterocycles. The molecule has 128 valence electrons. The van der Waals surface area contributed by atoms with Crippen LogP contribution >= 0.6 is 24.0 Å². The number of nitrogens with zero attached hydrogens (tertiary/aromatic N) is 1. The van der Waals surface area contributed by atoms with Gasteiger partial charge in [0.25, 0.3) is 5.91 Å². The van der Waals surface area contributed by atoms with Crippen molar-refractivity contribution in [3.05, 3.63) is 29.3 Å². The zero-order chi connectivity index (χ0) is 15.4.